The van der Waals surface area contributed by atoms with Gasteiger partial charge in [0.1, 0.15) is 0 Å². The lowest BCUT2D eigenvalue weighted by Gasteiger charge is -2.37. The third kappa shape index (κ3) is 4.44. The highest BCUT2D eigenvalue weighted by Crippen LogP contribution is 2.52. The van der Waals surface area contributed by atoms with E-state index in [-0.39, 0.29) is 24.1 Å². The smallest absolute Gasteiger partial charge is 0.272 e. The van der Waals surface area contributed by atoms with Gasteiger partial charge < -0.3 is 10.6 Å². The fourth-order valence-corrected chi connectivity index (χ4v) is 6.84. The van der Waals surface area contributed by atoms with Crippen molar-refractivity contribution in [3.8, 4) is 0 Å². The van der Waals surface area contributed by atoms with Crippen molar-refractivity contribution in [3.05, 3.63) is 110 Å². The van der Waals surface area contributed by atoms with E-state index in [9.17, 15) is 9.59 Å². The van der Waals surface area contributed by atoms with E-state index in [1.807, 2.05) is 47.6 Å². The zero-order chi connectivity index (χ0) is 28.1. The van der Waals surface area contributed by atoms with Gasteiger partial charge in [0.2, 0.25) is 5.91 Å². The average Bonchev–Trinajstić information content (AvgIpc) is 3.82. The van der Waals surface area contributed by atoms with Gasteiger partial charge in [-0.05, 0) is 78.9 Å². The number of pyridine rings is 2. The number of rotatable bonds is 6. The Hall–Kier alpha value is -3.95. The van der Waals surface area contributed by atoms with E-state index in [0.29, 0.717) is 23.0 Å². The van der Waals surface area contributed by atoms with E-state index in [1.165, 1.54) is 5.56 Å². The van der Waals surface area contributed by atoms with Crippen LogP contribution in [0, 0.1) is 0 Å². The topological polar surface area (TPSA) is 118 Å². The summed E-state index contributed by atoms with van der Waals surface area (Å²) in [4.78, 5) is 38.8. The second-order valence-corrected chi connectivity index (χ2v) is 11.9. The largest absolute Gasteiger partial charge is 0.327 e. The van der Waals surface area contributed by atoms with E-state index in [4.69, 9.17) is 15.7 Å². The summed E-state index contributed by atoms with van der Waals surface area (Å²) in [7, 11) is 0. The van der Waals surface area contributed by atoms with Crippen LogP contribution in [0.5, 0.6) is 0 Å². The minimum absolute atomic E-state index is 0.0728. The summed E-state index contributed by atoms with van der Waals surface area (Å²) < 4.78 is 0.991. The summed E-state index contributed by atoms with van der Waals surface area (Å²) >= 11 is 3.62. The van der Waals surface area contributed by atoms with Crippen molar-refractivity contribution < 1.29 is 4.79 Å². The second kappa shape index (κ2) is 10.2. The fourth-order valence-electron chi connectivity index (χ4n) is 6.35. The fraction of sp³-hybridized carbons (Fsp3) is 0.281. The van der Waals surface area contributed by atoms with Crippen molar-refractivity contribution in [2.75, 3.05) is 0 Å². The van der Waals surface area contributed by atoms with Crippen molar-refractivity contribution in [2.45, 2.75) is 56.7 Å². The molecule has 9 heteroatoms. The summed E-state index contributed by atoms with van der Waals surface area (Å²) in [5.41, 5.74) is 9.53. The number of aromatic amines is 1. The number of nitrogens with one attached hydrogen (secondary N) is 1. The molecule has 1 saturated carbocycles. The van der Waals surface area contributed by atoms with Gasteiger partial charge in [0, 0.05) is 34.2 Å². The summed E-state index contributed by atoms with van der Waals surface area (Å²) in [6.45, 7) is 0.574. The molecule has 2 aromatic carbocycles. The molecule has 2 aliphatic carbocycles. The standard InChI is InChI=1S/C32H29BrN6O2/c33-26-7-1-5-20-14-22(36-17-25(20)26)18-39(28-8-2-4-19-6-3-13-35-29(19)28)31(41)32(11-12-32)21-9-10-23-24(15-21)27(16-34)37-38-30(23)40/h1,3,5-7,9-10,13-15,17,28H,2,4,8,11-12,16,18,34H2,(H,38,40). The Bertz CT molecular complexity index is 1880. The number of nitrogens with two attached hydrogens (primary N) is 1. The number of halogens is 1. The monoisotopic (exact) mass is 608 g/mol. The molecule has 3 N–H and O–H groups in total. The first kappa shape index (κ1) is 26.0. The normalized spacial score (nSPS) is 17.4. The molecule has 1 atom stereocenters. The summed E-state index contributed by atoms with van der Waals surface area (Å²) in [6, 6.07) is 17.8. The van der Waals surface area contributed by atoms with Gasteiger partial charge in [-0.2, -0.15) is 5.10 Å². The average molecular weight is 610 g/mol. The molecule has 41 heavy (non-hydrogen) atoms. The van der Waals surface area contributed by atoms with Crippen molar-refractivity contribution in [1.82, 2.24) is 25.1 Å². The first-order valence-corrected chi connectivity index (χ1v) is 14.8. The molecule has 2 aliphatic rings. The van der Waals surface area contributed by atoms with Crippen molar-refractivity contribution in [2.24, 2.45) is 5.73 Å². The molecule has 0 bridgehead atoms. The van der Waals surface area contributed by atoms with Gasteiger partial charge in [0.05, 0.1) is 40.5 Å². The predicted molar refractivity (Wildman–Crippen MR) is 161 cm³/mol. The number of amides is 1. The number of H-pyrrole nitrogens is 1. The third-order valence-corrected chi connectivity index (χ3v) is 9.37. The van der Waals surface area contributed by atoms with Gasteiger partial charge in [0.25, 0.3) is 5.56 Å². The van der Waals surface area contributed by atoms with Crippen LogP contribution < -0.4 is 11.3 Å². The second-order valence-electron chi connectivity index (χ2n) is 11.1. The number of hydrogen-bond acceptors (Lipinski definition) is 6. The molecule has 7 rings (SSSR count). The van der Waals surface area contributed by atoms with Gasteiger partial charge in [-0.1, -0.05) is 40.2 Å². The Morgan fingerprint density at radius 1 is 1.07 bits per heavy atom. The van der Waals surface area contributed by atoms with Crippen LogP contribution in [0.25, 0.3) is 21.5 Å². The van der Waals surface area contributed by atoms with Crippen LogP contribution in [0.2, 0.25) is 0 Å². The SMILES string of the molecule is NCc1n[nH]c(=O)c2ccc(C3(C(=O)N(Cc4cc5cccc(Br)c5cn4)C4CCCc5cccnc54)CC3)cc12. The molecule has 0 spiro atoms. The molecule has 1 unspecified atom stereocenters. The maximum atomic E-state index is 14.8. The third-order valence-electron chi connectivity index (χ3n) is 8.68. The maximum Gasteiger partial charge on any atom is 0.272 e. The van der Waals surface area contributed by atoms with E-state index < -0.39 is 5.41 Å². The summed E-state index contributed by atoms with van der Waals surface area (Å²) in [5, 5.41) is 10.0. The summed E-state index contributed by atoms with van der Waals surface area (Å²) in [6.07, 6.45) is 7.97. The first-order valence-electron chi connectivity index (χ1n) is 14.0. The molecule has 0 saturated heterocycles. The lowest BCUT2D eigenvalue weighted by Crippen LogP contribution is -2.43. The van der Waals surface area contributed by atoms with Crippen molar-refractivity contribution >= 4 is 43.4 Å². The van der Waals surface area contributed by atoms with Gasteiger partial charge in [-0.25, -0.2) is 5.10 Å². The Morgan fingerprint density at radius 3 is 2.78 bits per heavy atom. The van der Waals surface area contributed by atoms with Crippen LogP contribution >= 0.6 is 15.9 Å². The van der Waals surface area contributed by atoms with E-state index in [2.05, 4.69) is 44.3 Å². The van der Waals surface area contributed by atoms with Gasteiger partial charge in [-0.3, -0.25) is 19.6 Å². The molecular formula is C32H29BrN6O2. The molecule has 8 nitrogen and oxygen atoms in total. The van der Waals surface area contributed by atoms with Crippen LogP contribution in [0.1, 0.15) is 59.9 Å². The number of carbonyl (C=O) groups is 1. The van der Waals surface area contributed by atoms with E-state index >= 15 is 0 Å². The molecular weight excluding hydrogens is 580 g/mol. The number of carbonyl (C=O) groups excluding carboxylic acids is 1. The zero-order valence-electron chi connectivity index (χ0n) is 22.4. The number of nitrogens with zero attached hydrogens (tertiary/aromatic N) is 4. The summed E-state index contributed by atoms with van der Waals surface area (Å²) in [5.74, 6) is 0.0728. The predicted octanol–water partition coefficient (Wildman–Crippen LogP) is 5.23. The van der Waals surface area contributed by atoms with Crippen LogP contribution in [0.3, 0.4) is 0 Å². The molecule has 5 aromatic rings. The van der Waals surface area contributed by atoms with Crippen molar-refractivity contribution in [3.63, 3.8) is 0 Å². The molecule has 1 fully saturated rings. The Balaban J connectivity index is 1.32. The molecule has 3 aromatic heterocycles. The van der Waals surface area contributed by atoms with Crippen LogP contribution in [0.15, 0.2) is 76.3 Å². The first-order chi connectivity index (χ1) is 20.0. The Morgan fingerprint density at radius 2 is 1.95 bits per heavy atom. The molecule has 206 valence electrons. The van der Waals surface area contributed by atoms with Crippen molar-refractivity contribution in [1.29, 1.82) is 0 Å². The molecule has 0 aliphatic heterocycles. The lowest BCUT2D eigenvalue weighted by atomic mass is 9.87. The number of hydrogen-bond donors (Lipinski definition) is 2. The van der Waals surface area contributed by atoms with E-state index in [1.54, 1.807) is 6.07 Å². The zero-order valence-corrected chi connectivity index (χ0v) is 24.0. The minimum atomic E-state index is -0.672. The highest BCUT2D eigenvalue weighted by atomic mass is 79.9. The highest BCUT2D eigenvalue weighted by molar-refractivity contribution is 9.10. The lowest BCUT2D eigenvalue weighted by molar-refractivity contribution is -0.137. The molecule has 0 radical (unpaired) electrons. The van der Waals surface area contributed by atoms with Crippen LogP contribution in [0.4, 0.5) is 0 Å². The number of benzene rings is 2. The van der Waals surface area contributed by atoms with Gasteiger partial charge in [-0.15, -0.1) is 0 Å². The molecule has 1 amide bonds. The number of fused-ring (bicyclic) bond motifs is 3. The van der Waals surface area contributed by atoms with Crippen LogP contribution in [-0.4, -0.2) is 31.0 Å². The van der Waals surface area contributed by atoms with E-state index in [0.717, 1.165) is 64.3 Å². The number of aryl methyl sites for hydroxylation is 1. The minimum Gasteiger partial charge on any atom is -0.327 e. The van der Waals surface area contributed by atoms with Gasteiger partial charge >= 0.3 is 0 Å². The highest BCUT2D eigenvalue weighted by Gasteiger charge is 2.54. The van der Waals surface area contributed by atoms with Gasteiger partial charge in [0.15, 0.2) is 0 Å². The Kier molecular flexibility index (Phi) is 6.43. The molecule has 3 heterocycles. The van der Waals surface area contributed by atoms with Crippen LogP contribution in [-0.2, 0) is 29.7 Å². The maximum absolute atomic E-state index is 14.8. The quantitative estimate of drug-likeness (QED) is 0.273. The Labute approximate surface area is 245 Å². The number of aromatic nitrogens is 4.